The van der Waals surface area contributed by atoms with E-state index in [0.717, 1.165) is 18.8 Å². The van der Waals surface area contributed by atoms with E-state index in [-0.39, 0.29) is 5.97 Å². The summed E-state index contributed by atoms with van der Waals surface area (Å²) in [7, 11) is 1.36. The van der Waals surface area contributed by atoms with Crippen molar-refractivity contribution in [2.24, 2.45) is 11.1 Å². The molecule has 2 rings (SSSR count). The van der Waals surface area contributed by atoms with E-state index >= 15 is 0 Å². The van der Waals surface area contributed by atoms with Gasteiger partial charge >= 0.3 is 5.97 Å². The number of nitrogens with zero attached hydrogens (tertiary/aromatic N) is 1. The Kier molecular flexibility index (Phi) is 2.19. The summed E-state index contributed by atoms with van der Waals surface area (Å²) in [6, 6.07) is 0. The topological polar surface area (TPSA) is 59.9 Å². The van der Waals surface area contributed by atoms with Gasteiger partial charge in [-0.3, -0.25) is 0 Å². The van der Waals surface area contributed by atoms with Gasteiger partial charge in [0.1, 0.15) is 0 Å². The predicted octanol–water partition coefficient (Wildman–Crippen LogP) is -0.0862. The third kappa shape index (κ3) is 1.37. The summed E-state index contributed by atoms with van der Waals surface area (Å²) in [5, 5.41) is 7.11. The van der Waals surface area contributed by atoms with Crippen LogP contribution in [0, 0.1) is 5.92 Å². The number of ether oxygens (including phenoxy) is 1. The first-order valence-electron chi connectivity index (χ1n) is 4.70. The zero-order valence-electron chi connectivity index (χ0n) is 8.37. The van der Waals surface area contributed by atoms with E-state index in [1.54, 1.807) is 6.92 Å². The van der Waals surface area contributed by atoms with Crippen molar-refractivity contribution in [3.63, 3.8) is 0 Å². The summed E-state index contributed by atoms with van der Waals surface area (Å²) in [6.45, 7) is 3.57. The Labute approximate surface area is 82.4 Å². The highest BCUT2D eigenvalue weighted by Crippen LogP contribution is 2.28. The first kappa shape index (κ1) is 9.45. The van der Waals surface area contributed by atoms with Gasteiger partial charge in [-0.05, 0) is 6.92 Å². The Morgan fingerprint density at radius 3 is 2.93 bits per heavy atom. The van der Waals surface area contributed by atoms with E-state index in [1.807, 2.05) is 0 Å². The molecule has 2 aliphatic rings. The molecule has 1 unspecified atom stereocenters. The molecule has 1 fully saturated rings. The Morgan fingerprint density at radius 2 is 2.43 bits per heavy atom. The van der Waals surface area contributed by atoms with Crippen LogP contribution < -0.4 is 5.32 Å². The van der Waals surface area contributed by atoms with Gasteiger partial charge in [-0.15, -0.1) is 0 Å². The number of carbonyl (C=O) groups is 1. The molecule has 0 aromatic heterocycles. The molecule has 0 amide bonds. The highest BCUT2D eigenvalue weighted by atomic mass is 16.7. The summed E-state index contributed by atoms with van der Waals surface area (Å²) in [5.41, 5.74) is 0.0660. The van der Waals surface area contributed by atoms with Crippen molar-refractivity contribution < 1.29 is 14.4 Å². The van der Waals surface area contributed by atoms with E-state index in [9.17, 15) is 4.79 Å². The number of methoxy groups -OCH3 is 1. The highest BCUT2D eigenvalue weighted by Gasteiger charge is 2.45. The van der Waals surface area contributed by atoms with Crippen LogP contribution in [0.15, 0.2) is 5.16 Å². The van der Waals surface area contributed by atoms with E-state index in [4.69, 9.17) is 4.84 Å². The summed E-state index contributed by atoms with van der Waals surface area (Å²) >= 11 is 0. The van der Waals surface area contributed by atoms with Crippen molar-refractivity contribution in [2.45, 2.75) is 18.9 Å². The minimum Gasteiger partial charge on any atom is -0.466 e. The fourth-order valence-corrected chi connectivity index (χ4v) is 1.64. The molecule has 1 atom stereocenters. The average Bonchev–Trinajstić information content (AvgIpc) is 2.45. The molecule has 14 heavy (non-hydrogen) atoms. The van der Waals surface area contributed by atoms with Crippen molar-refractivity contribution >= 4 is 11.7 Å². The minimum atomic E-state index is -0.903. The van der Waals surface area contributed by atoms with Gasteiger partial charge in [0, 0.05) is 25.4 Å². The average molecular weight is 198 g/mol. The second-order valence-corrected chi connectivity index (χ2v) is 3.93. The summed E-state index contributed by atoms with van der Waals surface area (Å²) in [5.74, 6) is 0.0741. The monoisotopic (exact) mass is 198 g/mol. The van der Waals surface area contributed by atoms with Crippen LogP contribution in [0.2, 0.25) is 0 Å². The van der Waals surface area contributed by atoms with Gasteiger partial charge in [0.05, 0.1) is 12.8 Å². The van der Waals surface area contributed by atoms with Crippen LogP contribution >= 0.6 is 0 Å². The molecule has 78 valence electrons. The lowest BCUT2D eigenvalue weighted by Crippen LogP contribution is -2.47. The maximum Gasteiger partial charge on any atom is 0.353 e. The van der Waals surface area contributed by atoms with Crippen molar-refractivity contribution in [1.29, 1.82) is 0 Å². The normalized spacial score (nSPS) is 31.7. The Morgan fingerprint density at radius 1 is 1.71 bits per heavy atom. The summed E-state index contributed by atoms with van der Waals surface area (Å²) in [6.07, 6.45) is 0.548. The Bertz CT molecular complexity index is 286. The molecule has 0 bridgehead atoms. The minimum absolute atomic E-state index is 0.358. The molecular weight excluding hydrogens is 184 g/mol. The zero-order valence-corrected chi connectivity index (χ0v) is 8.37. The lowest BCUT2D eigenvalue weighted by atomic mass is 9.89. The molecule has 1 saturated heterocycles. The summed E-state index contributed by atoms with van der Waals surface area (Å²) in [4.78, 5) is 16.5. The third-order valence-corrected chi connectivity index (χ3v) is 2.75. The van der Waals surface area contributed by atoms with Crippen LogP contribution in [0.25, 0.3) is 0 Å². The molecule has 0 spiro atoms. The van der Waals surface area contributed by atoms with Crippen LogP contribution in [-0.2, 0) is 14.4 Å². The fraction of sp³-hybridized carbons (Fsp3) is 0.778. The maximum atomic E-state index is 11.4. The van der Waals surface area contributed by atoms with Gasteiger partial charge in [-0.2, -0.15) is 0 Å². The quantitative estimate of drug-likeness (QED) is 0.630. The van der Waals surface area contributed by atoms with Crippen LogP contribution in [0.4, 0.5) is 0 Å². The zero-order chi connectivity index (χ0) is 10.2. The number of rotatable bonds is 2. The van der Waals surface area contributed by atoms with Gasteiger partial charge < -0.3 is 14.9 Å². The van der Waals surface area contributed by atoms with Crippen LogP contribution in [0.1, 0.15) is 13.3 Å². The van der Waals surface area contributed by atoms with Gasteiger partial charge in [-0.25, -0.2) is 4.79 Å². The first-order chi connectivity index (χ1) is 6.65. The van der Waals surface area contributed by atoms with Gasteiger partial charge in [-0.1, -0.05) is 5.16 Å². The van der Waals surface area contributed by atoms with Crippen LogP contribution in [0.5, 0.6) is 0 Å². The largest absolute Gasteiger partial charge is 0.466 e. The lowest BCUT2D eigenvalue weighted by Gasteiger charge is -2.26. The molecule has 0 radical (unpaired) electrons. The van der Waals surface area contributed by atoms with Gasteiger partial charge in [0.25, 0.3) is 0 Å². The molecule has 0 aromatic rings. The number of hydrogen-bond acceptors (Lipinski definition) is 5. The first-order valence-corrected chi connectivity index (χ1v) is 4.70. The second-order valence-electron chi connectivity index (χ2n) is 3.93. The number of oxime groups is 1. The third-order valence-electron chi connectivity index (χ3n) is 2.75. The van der Waals surface area contributed by atoms with E-state index in [1.165, 1.54) is 7.11 Å². The van der Waals surface area contributed by atoms with Crippen molar-refractivity contribution in [3.8, 4) is 0 Å². The van der Waals surface area contributed by atoms with E-state index in [0.29, 0.717) is 12.3 Å². The molecular formula is C9H14N2O3. The molecule has 5 nitrogen and oxygen atoms in total. The molecule has 1 N–H and O–H groups in total. The Hall–Kier alpha value is -1.10. The maximum absolute atomic E-state index is 11.4. The van der Waals surface area contributed by atoms with Gasteiger partial charge in [0.15, 0.2) is 0 Å². The number of esters is 1. The van der Waals surface area contributed by atoms with Gasteiger partial charge in [0.2, 0.25) is 5.60 Å². The summed E-state index contributed by atoms with van der Waals surface area (Å²) < 4.78 is 4.66. The number of carbonyl (C=O) groups excluding carboxylic acids is 1. The lowest BCUT2D eigenvalue weighted by molar-refractivity contribution is -0.164. The SMILES string of the molecule is COC(=O)C1(C)CC(C2CNC2)=NO1. The highest BCUT2D eigenvalue weighted by molar-refractivity contribution is 5.95. The molecule has 2 aliphatic heterocycles. The fourth-order valence-electron chi connectivity index (χ4n) is 1.64. The van der Waals surface area contributed by atoms with Crippen LogP contribution in [0.3, 0.4) is 0 Å². The Balaban J connectivity index is 1.99. The standard InChI is InChI=1S/C9H14N2O3/c1-9(8(12)13-2)3-7(11-14-9)6-4-10-5-6/h6,10H,3-5H2,1-2H3. The molecule has 2 heterocycles. The molecule has 0 aromatic carbocycles. The molecule has 0 aliphatic carbocycles. The number of nitrogens with one attached hydrogen (secondary N) is 1. The second kappa shape index (κ2) is 3.24. The predicted molar refractivity (Wildman–Crippen MR) is 49.9 cm³/mol. The van der Waals surface area contributed by atoms with Crippen molar-refractivity contribution in [3.05, 3.63) is 0 Å². The molecule has 5 heteroatoms. The van der Waals surface area contributed by atoms with E-state index < -0.39 is 5.60 Å². The molecule has 0 saturated carbocycles. The van der Waals surface area contributed by atoms with Crippen molar-refractivity contribution in [1.82, 2.24) is 5.32 Å². The van der Waals surface area contributed by atoms with E-state index in [2.05, 4.69) is 15.2 Å². The number of hydrogen-bond donors (Lipinski definition) is 1. The van der Waals surface area contributed by atoms with Crippen molar-refractivity contribution in [2.75, 3.05) is 20.2 Å². The van der Waals surface area contributed by atoms with Crippen LogP contribution in [-0.4, -0.2) is 37.5 Å². The smallest absolute Gasteiger partial charge is 0.353 e.